The average molecular weight is 308 g/mol. The van der Waals surface area contributed by atoms with Crippen LogP contribution in [0.2, 0.25) is 0 Å². The van der Waals surface area contributed by atoms with Crippen LogP contribution in [0.3, 0.4) is 0 Å². The number of aromatic nitrogens is 4. The monoisotopic (exact) mass is 308 g/mol. The molecule has 0 aromatic carbocycles. The van der Waals surface area contributed by atoms with Crippen LogP contribution < -0.4 is 11.1 Å². The van der Waals surface area contributed by atoms with Gasteiger partial charge >= 0.3 is 0 Å². The predicted octanol–water partition coefficient (Wildman–Crippen LogP) is 1.08. The van der Waals surface area contributed by atoms with Gasteiger partial charge < -0.3 is 16.0 Å². The molecule has 0 saturated heterocycles. The van der Waals surface area contributed by atoms with Gasteiger partial charge in [-0.15, -0.1) is 11.8 Å². The van der Waals surface area contributed by atoms with Gasteiger partial charge in [0.15, 0.2) is 5.65 Å². The molecular formula is C13H20N6OS. The smallest absolute Gasteiger partial charge is 0.237 e. The van der Waals surface area contributed by atoms with Crippen molar-refractivity contribution in [1.82, 2.24) is 25.3 Å². The first-order valence-electron chi connectivity index (χ1n) is 6.77. The van der Waals surface area contributed by atoms with Crippen molar-refractivity contribution in [2.75, 3.05) is 5.75 Å². The fraction of sp³-hybridized carbons (Fsp3) is 0.538. The molecule has 0 bridgehead atoms. The standard InChI is InChI=1S/C13H20N6OS/c1-8(2)19-13(3,12(14)20)4-5-21-11-9-10(16-6-15-9)17-7-18-11/h6-8,19H,4-5H2,1-3H3,(H2,14,20)(H,15,16,17,18). The fourth-order valence-electron chi connectivity index (χ4n) is 2.11. The zero-order valence-corrected chi connectivity index (χ0v) is 13.2. The molecule has 1 unspecified atom stereocenters. The molecule has 0 aliphatic heterocycles. The first-order chi connectivity index (χ1) is 9.92. The predicted molar refractivity (Wildman–Crippen MR) is 82.9 cm³/mol. The Balaban J connectivity index is 2.02. The molecule has 2 rings (SSSR count). The third-order valence-electron chi connectivity index (χ3n) is 3.18. The number of amides is 1. The molecule has 1 atom stereocenters. The minimum Gasteiger partial charge on any atom is -0.368 e. The Kier molecular flexibility index (Phi) is 4.79. The lowest BCUT2D eigenvalue weighted by Gasteiger charge is -2.29. The van der Waals surface area contributed by atoms with Crippen LogP contribution >= 0.6 is 11.8 Å². The zero-order valence-electron chi connectivity index (χ0n) is 12.4. The number of nitrogens with two attached hydrogens (primary N) is 1. The first-order valence-corrected chi connectivity index (χ1v) is 7.75. The van der Waals surface area contributed by atoms with Gasteiger partial charge in [-0.2, -0.15) is 0 Å². The molecule has 2 aromatic heterocycles. The Morgan fingerprint density at radius 2 is 2.24 bits per heavy atom. The van der Waals surface area contributed by atoms with E-state index in [1.807, 2.05) is 20.8 Å². The van der Waals surface area contributed by atoms with Gasteiger partial charge in [0.25, 0.3) is 0 Å². The molecule has 2 heterocycles. The highest BCUT2D eigenvalue weighted by molar-refractivity contribution is 7.99. The van der Waals surface area contributed by atoms with Gasteiger partial charge in [0, 0.05) is 11.8 Å². The Labute approximate surface area is 127 Å². The van der Waals surface area contributed by atoms with Crippen molar-refractivity contribution in [2.45, 2.75) is 43.8 Å². The average Bonchev–Trinajstić information content (AvgIpc) is 2.86. The highest BCUT2D eigenvalue weighted by Crippen LogP contribution is 2.24. The van der Waals surface area contributed by atoms with E-state index in [4.69, 9.17) is 5.73 Å². The molecule has 7 nitrogen and oxygen atoms in total. The van der Waals surface area contributed by atoms with Crippen LogP contribution in [0.15, 0.2) is 17.7 Å². The molecule has 21 heavy (non-hydrogen) atoms. The van der Waals surface area contributed by atoms with Crippen molar-refractivity contribution in [3.05, 3.63) is 12.7 Å². The molecule has 0 saturated carbocycles. The lowest BCUT2D eigenvalue weighted by molar-refractivity contribution is -0.124. The van der Waals surface area contributed by atoms with E-state index in [0.29, 0.717) is 17.8 Å². The summed E-state index contributed by atoms with van der Waals surface area (Å²) in [4.78, 5) is 27.1. The Bertz CT molecular complexity index is 628. The first kappa shape index (κ1) is 15.7. The van der Waals surface area contributed by atoms with E-state index in [-0.39, 0.29) is 11.9 Å². The van der Waals surface area contributed by atoms with E-state index in [0.717, 1.165) is 10.5 Å². The summed E-state index contributed by atoms with van der Waals surface area (Å²) < 4.78 is 0. The Morgan fingerprint density at radius 1 is 1.48 bits per heavy atom. The third kappa shape index (κ3) is 3.70. The number of primary amides is 1. The van der Waals surface area contributed by atoms with Gasteiger partial charge in [-0.05, 0) is 27.2 Å². The molecular weight excluding hydrogens is 288 g/mol. The van der Waals surface area contributed by atoms with Gasteiger partial charge in [-0.3, -0.25) is 4.79 Å². The summed E-state index contributed by atoms with van der Waals surface area (Å²) in [5.41, 5.74) is 6.26. The maximum absolute atomic E-state index is 11.7. The third-order valence-corrected chi connectivity index (χ3v) is 4.17. The number of rotatable bonds is 7. The van der Waals surface area contributed by atoms with Crippen LogP contribution in [0.25, 0.3) is 11.2 Å². The zero-order chi connectivity index (χ0) is 15.5. The van der Waals surface area contributed by atoms with E-state index in [1.54, 1.807) is 18.1 Å². The fourth-order valence-corrected chi connectivity index (χ4v) is 3.23. The Morgan fingerprint density at radius 3 is 2.90 bits per heavy atom. The SMILES string of the molecule is CC(C)NC(C)(CCSc1ncnc2nc[nH]c12)C(N)=O. The highest BCUT2D eigenvalue weighted by Gasteiger charge is 2.31. The van der Waals surface area contributed by atoms with Crippen LogP contribution in [-0.2, 0) is 4.79 Å². The lowest BCUT2D eigenvalue weighted by atomic mass is 9.97. The van der Waals surface area contributed by atoms with Crippen molar-refractivity contribution in [3.63, 3.8) is 0 Å². The Hall–Kier alpha value is -1.67. The number of H-pyrrole nitrogens is 1. The molecule has 1 amide bonds. The topological polar surface area (TPSA) is 110 Å². The number of carbonyl (C=O) groups excluding carboxylic acids is 1. The molecule has 0 radical (unpaired) electrons. The van der Waals surface area contributed by atoms with Crippen molar-refractivity contribution in [1.29, 1.82) is 0 Å². The number of fused-ring (bicyclic) bond motifs is 1. The van der Waals surface area contributed by atoms with Crippen molar-refractivity contribution >= 4 is 28.8 Å². The summed E-state index contributed by atoms with van der Waals surface area (Å²) in [6.07, 6.45) is 3.70. The summed E-state index contributed by atoms with van der Waals surface area (Å²) in [7, 11) is 0. The van der Waals surface area contributed by atoms with E-state index < -0.39 is 5.54 Å². The number of hydrogen-bond acceptors (Lipinski definition) is 6. The van der Waals surface area contributed by atoms with Gasteiger partial charge in [0.05, 0.1) is 11.9 Å². The number of nitrogens with one attached hydrogen (secondary N) is 2. The van der Waals surface area contributed by atoms with E-state index >= 15 is 0 Å². The highest BCUT2D eigenvalue weighted by atomic mass is 32.2. The second kappa shape index (κ2) is 6.40. The molecule has 114 valence electrons. The van der Waals surface area contributed by atoms with E-state index in [2.05, 4.69) is 25.3 Å². The molecule has 0 spiro atoms. The summed E-state index contributed by atoms with van der Waals surface area (Å²) >= 11 is 1.56. The molecule has 0 aliphatic carbocycles. The second-order valence-electron chi connectivity index (χ2n) is 5.37. The minimum absolute atomic E-state index is 0.186. The van der Waals surface area contributed by atoms with E-state index in [9.17, 15) is 4.79 Å². The summed E-state index contributed by atoms with van der Waals surface area (Å²) in [5, 5.41) is 4.06. The summed E-state index contributed by atoms with van der Waals surface area (Å²) in [6, 6.07) is 0.186. The van der Waals surface area contributed by atoms with Crippen molar-refractivity contribution in [3.8, 4) is 0 Å². The molecule has 4 N–H and O–H groups in total. The maximum atomic E-state index is 11.7. The number of imidazole rings is 1. The van der Waals surface area contributed by atoms with Gasteiger partial charge in [0.1, 0.15) is 16.9 Å². The number of carbonyl (C=O) groups is 1. The minimum atomic E-state index is -0.721. The van der Waals surface area contributed by atoms with Crippen molar-refractivity contribution in [2.24, 2.45) is 5.73 Å². The molecule has 8 heteroatoms. The second-order valence-corrected chi connectivity index (χ2v) is 6.46. The quantitative estimate of drug-likeness (QED) is 0.521. The number of hydrogen-bond donors (Lipinski definition) is 3. The van der Waals surface area contributed by atoms with Gasteiger partial charge in [-0.1, -0.05) is 0 Å². The number of aromatic amines is 1. The van der Waals surface area contributed by atoms with Gasteiger partial charge in [-0.25, -0.2) is 15.0 Å². The molecule has 0 fully saturated rings. The van der Waals surface area contributed by atoms with Crippen LogP contribution in [0, 0.1) is 0 Å². The maximum Gasteiger partial charge on any atom is 0.237 e. The normalized spacial score (nSPS) is 14.5. The summed E-state index contributed by atoms with van der Waals surface area (Å²) in [5.74, 6) is 0.371. The largest absolute Gasteiger partial charge is 0.368 e. The molecule has 2 aromatic rings. The lowest BCUT2D eigenvalue weighted by Crippen LogP contribution is -2.55. The summed E-state index contributed by atoms with van der Waals surface area (Å²) in [6.45, 7) is 5.82. The van der Waals surface area contributed by atoms with Crippen LogP contribution in [-0.4, -0.2) is 43.2 Å². The van der Waals surface area contributed by atoms with Crippen LogP contribution in [0.4, 0.5) is 0 Å². The van der Waals surface area contributed by atoms with Crippen LogP contribution in [0.1, 0.15) is 27.2 Å². The van der Waals surface area contributed by atoms with E-state index in [1.165, 1.54) is 6.33 Å². The van der Waals surface area contributed by atoms with Crippen molar-refractivity contribution < 1.29 is 4.79 Å². The number of nitrogens with zero attached hydrogens (tertiary/aromatic N) is 3. The van der Waals surface area contributed by atoms with Gasteiger partial charge in [0.2, 0.25) is 5.91 Å². The number of thioether (sulfide) groups is 1. The van der Waals surface area contributed by atoms with Crippen LogP contribution in [0.5, 0.6) is 0 Å². The molecule has 0 aliphatic rings.